The van der Waals surface area contributed by atoms with Crippen molar-refractivity contribution in [3.8, 4) is 6.07 Å². The first-order valence-corrected chi connectivity index (χ1v) is 11.0. The number of nitrogen functional groups attached to an aromatic ring is 1. The van der Waals surface area contributed by atoms with Gasteiger partial charge in [-0.1, -0.05) is 32.5 Å². The molecule has 0 saturated heterocycles. The number of nitrogens with zero attached hydrogens (tertiary/aromatic N) is 3. The predicted molar refractivity (Wildman–Crippen MR) is 111 cm³/mol. The van der Waals surface area contributed by atoms with Gasteiger partial charge in [0.15, 0.2) is 5.16 Å². The lowest BCUT2D eigenvalue weighted by molar-refractivity contribution is -0.120. The van der Waals surface area contributed by atoms with Gasteiger partial charge in [0.05, 0.1) is 17.2 Å². The third kappa shape index (κ3) is 4.04. The van der Waals surface area contributed by atoms with Crippen LogP contribution >= 0.6 is 23.1 Å². The maximum atomic E-state index is 12.3. The number of amides is 1. The largest absolute Gasteiger partial charge is 0.383 e. The minimum absolute atomic E-state index is 0.0134. The summed E-state index contributed by atoms with van der Waals surface area (Å²) in [6, 6.07) is 2.18. The monoisotopic (exact) mass is 403 g/mol. The van der Waals surface area contributed by atoms with E-state index in [1.54, 1.807) is 18.3 Å². The van der Waals surface area contributed by atoms with Gasteiger partial charge in [-0.15, -0.1) is 11.3 Å². The van der Waals surface area contributed by atoms with E-state index in [9.17, 15) is 10.1 Å². The van der Waals surface area contributed by atoms with Crippen molar-refractivity contribution in [3.05, 3.63) is 10.4 Å². The van der Waals surface area contributed by atoms with Crippen LogP contribution in [0.4, 0.5) is 5.82 Å². The van der Waals surface area contributed by atoms with Crippen molar-refractivity contribution in [1.82, 2.24) is 15.3 Å². The number of thiophene rings is 1. The quantitative estimate of drug-likeness (QED) is 0.584. The third-order valence-corrected chi connectivity index (χ3v) is 7.28. The second-order valence-corrected chi connectivity index (χ2v) is 9.76. The molecule has 2 aromatic rings. The van der Waals surface area contributed by atoms with Crippen LogP contribution < -0.4 is 11.1 Å². The van der Waals surface area contributed by atoms with E-state index in [4.69, 9.17) is 5.73 Å². The fourth-order valence-electron chi connectivity index (χ4n) is 3.17. The van der Waals surface area contributed by atoms with Crippen LogP contribution in [0.3, 0.4) is 0 Å². The van der Waals surface area contributed by atoms with Gasteiger partial charge in [-0.05, 0) is 43.6 Å². The summed E-state index contributed by atoms with van der Waals surface area (Å²) in [6.07, 6.45) is 3.27. The molecule has 1 aliphatic rings. The highest BCUT2D eigenvalue weighted by Gasteiger charge is 2.30. The van der Waals surface area contributed by atoms with E-state index in [-0.39, 0.29) is 17.6 Å². The van der Waals surface area contributed by atoms with Crippen LogP contribution in [0.5, 0.6) is 0 Å². The normalized spacial score (nSPS) is 18.7. The number of carbonyl (C=O) groups excluding carboxylic acids is 1. The van der Waals surface area contributed by atoms with Crippen LogP contribution in [0.15, 0.2) is 5.16 Å². The Labute approximate surface area is 167 Å². The molecule has 0 aliphatic heterocycles. The Kier molecular flexibility index (Phi) is 5.63. The zero-order valence-corrected chi connectivity index (χ0v) is 17.8. The van der Waals surface area contributed by atoms with Crippen molar-refractivity contribution in [2.24, 2.45) is 11.8 Å². The summed E-state index contributed by atoms with van der Waals surface area (Å²) in [5, 5.41) is 13.6. The SMILES string of the molecule is CC1CCc2c(sc3nc(SCC(=O)NC(C)(C#N)C(C)C)nc(N)c23)C1. The summed E-state index contributed by atoms with van der Waals surface area (Å²) in [6.45, 7) is 7.83. The average molecular weight is 404 g/mol. The molecule has 0 saturated carbocycles. The second kappa shape index (κ2) is 7.64. The van der Waals surface area contributed by atoms with Crippen LogP contribution in [0, 0.1) is 23.2 Å². The molecular weight excluding hydrogens is 378 g/mol. The highest BCUT2D eigenvalue weighted by Crippen LogP contribution is 2.39. The van der Waals surface area contributed by atoms with Crippen molar-refractivity contribution in [1.29, 1.82) is 5.26 Å². The number of hydrogen-bond acceptors (Lipinski definition) is 7. The van der Waals surface area contributed by atoms with Crippen LogP contribution in [-0.4, -0.2) is 27.2 Å². The third-order valence-electron chi connectivity index (χ3n) is 5.28. The maximum absolute atomic E-state index is 12.3. The maximum Gasteiger partial charge on any atom is 0.231 e. The van der Waals surface area contributed by atoms with Gasteiger partial charge in [0.2, 0.25) is 5.91 Å². The molecule has 0 fully saturated rings. The first-order chi connectivity index (χ1) is 12.7. The first kappa shape index (κ1) is 19.9. The van der Waals surface area contributed by atoms with Gasteiger partial charge in [0.25, 0.3) is 0 Å². The molecule has 3 rings (SSSR count). The number of anilines is 1. The number of hydrogen-bond donors (Lipinski definition) is 2. The smallest absolute Gasteiger partial charge is 0.231 e. The average Bonchev–Trinajstić information content (AvgIpc) is 2.97. The number of fused-ring (bicyclic) bond motifs is 3. The molecule has 8 heteroatoms. The fourth-order valence-corrected chi connectivity index (χ4v) is 5.27. The van der Waals surface area contributed by atoms with Gasteiger partial charge in [0.1, 0.15) is 16.2 Å². The summed E-state index contributed by atoms with van der Waals surface area (Å²) in [7, 11) is 0. The molecule has 2 atom stereocenters. The highest BCUT2D eigenvalue weighted by molar-refractivity contribution is 7.99. The van der Waals surface area contributed by atoms with E-state index in [0.717, 1.165) is 23.1 Å². The Morgan fingerprint density at radius 1 is 1.52 bits per heavy atom. The lowest BCUT2D eigenvalue weighted by Crippen LogP contribution is -2.49. The number of nitriles is 1. The summed E-state index contributed by atoms with van der Waals surface area (Å²) in [5.74, 6) is 1.14. The van der Waals surface area contributed by atoms with E-state index in [0.29, 0.717) is 16.9 Å². The molecule has 27 heavy (non-hydrogen) atoms. The number of aromatic nitrogens is 2. The number of rotatable bonds is 5. The molecule has 0 radical (unpaired) electrons. The fraction of sp³-hybridized carbons (Fsp3) is 0.579. The molecule has 144 valence electrons. The zero-order chi connectivity index (χ0) is 19.8. The predicted octanol–water partition coefficient (Wildman–Crippen LogP) is 3.54. The standard InChI is InChI=1S/C19H25N5OS2/c1-10(2)19(4,9-20)24-14(25)8-26-18-22-16(21)15-12-6-5-11(3)7-13(12)27-17(15)23-18/h10-11H,5-8H2,1-4H3,(H,24,25)(H2,21,22,23). The minimum atomic E-state index is -0.884. The van der Waals surface area contributed by atoms with Crippen LogP contribution in [0.25, 0.3) is 10.2 Å². The van der Waals surface area contributed by atoms with Crippen molar-refractivity contribution in [3.63, 3.8) is 0 Å². The Bertz CT molecular complexity index is 917. The molecule has 6 nitrogen and oxygen atoms in total. The van der Waals surface area contributed by atoms with Gasteiger partial charge >= 0.3 is 0 Å². The molecule has 2 aromatic heterocycles. The number of thioether (sulfide) groups is 1. The molecule has 1 aliphatic carbocycles. The van der Waals surface area contributed by atoms with E-state index < -0.39 is 5.54 Å². The summed E-state index contributed by atoms with van der Waals surface area (Å²) < 4.78 is 0. The summed E-state index contributed by atoms with van der Waals surface area (Å²) in [4.78, 5) is 23.6. The summed E-state index contributed by atoms with van der Waals surface area (Å²) in [5.41, 5.74) is 6.65. The first-order valence-electron chi connectivity index (χ1n) is 9.16. The number of nitrogens with two attached hydrogens (primary N) is 1. The van der Waals surface area contributed by atoms with E-state index in [2.05, 4.69) is 28.3 Å². The van der Waals surface area contributed by atoms with Crippen LogP contribution in [0.2, 0.25) is 0 Å². The Balaban J connectivity index is 1.75. The van der Waals surface area contributed by atoms with Crippen molar-refractivity contribution in [2.45, 2.75) is 57.7 Å². The van der Waals surface area contributed by atoms with Crippen molar-refractivity contribution in [2.75, 3.05) is 11.5 Å². The van der Waals surface area contributed by atoms with Crippen molar-refractivity contribution >= 4 is 45.0 Å². The Hall–Kier alpha value is -1.85. The molecule has 1 amide bonds. The Morgan fingerprint density at radius 3 is 2.93 bits per heavy atom. The molecule has 2 unspecified atom stereocenters. The van der Waals surface area contributed by atoms with Crippen molar-refractivity contribution < 1.29 is 4.79 Å². The molecule has 0 spiro atoms. The second-order valence-electron chi connectivity index (χ2n) is 7.73. The topological polar surface area (TPSA) is 105 Å². The van der Waals surface area contributed by atoms with Gasteiger partial charge in [-0.25, -0.2) is 9.97 Å². The van der Waals surface area contributed by atoms with Crippen LogP contribution in [-0.2, 0) is 17.6 Å². The Morgan fingerprint density at radius 2 is 2.26 bits per heavy atom. The van der Waals surface area contributed by atoms with Gasteiger partial charge in [0, 0.05) is 4.88 Å². The summed E-state index contributed by atoms with van der Waals surface area (Å²) >= 11 is 2.95. The molecular formula is C19H25N5OS2. The van der Waals surface area contributed by atoms with Gasteiger partial charge in [-0.3, -0.25) is 4.79 Å². The lowest BCUT2D eigenvalue weighted by Gasteiger charge is -2.27. The van der Waals surface area contributed by atoms with Gasteiger partial charge in [-0.2, -0.15) is 5.26 Å². The molecule has 3 N–H and O–H groups in total. The minimum Gasteiger partial charge on any atom is -0.383 e. The number of carbonyl (C=O) groups is 1. The molecule has 0 aromatic carbocycles. The number of nitrogens with one attached hydrogen (secondary N) is 1. The highest BCUT2D eigenvalue weighted by atomic mass is 32.2. The van der Waals surface area contributed by atoms with E-state index in [1.165, 1.54) is 28.6 Å². The van der Waals surface area contributed by atoms with Crippen LogP contribution in [0.1, 0.15) is 44.6 Å². The zero-order valence-electron chi connectivity index (χ0n) is 16.1. The molecule has 0 bridgehead atoms. The van der Waals surface area contributed by atoms with E-state index in [1.807, 2.05) is 13.8 Å². The lowest BCUT2D eigenvalue weighted by atomic mass is 9.89. The number of aryl methyl sites for hydroxylation is 1. The van der Waals surface area contributed by atoms with Gasteiger partial charge < -0.3 is 11.1 Å². The molecule has 2 heterocycles. The van der Waals surface area contributed by atoms with E-state index >= 15 is 0 Å².